The van der Waals surface area contributed by atoms with Gasteiger partial charge in [-0.05, 0) is 12.3 Å². The van der Waals surface area contributed by atoms with E-state index in [-0.39, 0.29) is 12.2 Å². The maximum absolute atomic E-state index is 10.00. The fourth-order valence-electron chi connectivity index (χ4n) is 2.47. The van der Waals surface area contributed by atoms with Gasteiger partial charge in [0.05, 0.1) is 18.8 Å². The SMILES string of the molecule is OC(CC1CCCC1)C1CSCCO1. The maximum atomic E-state index is 10.00. The predicted molar refractivity (Wildman–Crippen MR) is 59.6 cm³/mol. The highest BCUT2D eigenvalue weighted by Gasteiger charge is 2.26. The summed E-state index contributed by atoms with van der Waals surface area (Å²) >= 11 is 1.90. The van der Waals surface area contributed by atoms with Crippen molar-refractivity contribution in [2.24, 2.45) is 5.92 Å². The summed E-state index contributed by atoms with van der Waals surface area (Å²) < 4.78 is 5.58. The standard InChI is InChI=1S/C11H20O2S/c12-10(7-9-3-1-2-4-9)11-8-14-6-5-13-11/h9-12H,1-8H2. The third-order valence-corrected chi connectivity index (χ3v) is 4.34. The molecule has 0 bridgehead atoms. The summed E-state index contributed by atoms with van der Waals surface area (Å²) in [6.45, 7) is 0.817. The van der Waals surface area contributed by atoms with Crippen LogP contribution >= 0.6 is 11.8 Å². The van der Waals surface area contributed by atoms with Crippen LogP contribution in [0.5, 0.6) is 0 Å². The molecular weight excluding hydrogens is 196 g/mol. The van der Waals surface area contributed by atoms with Gasteiger partial charge in [0, 0.05) is 11.5 Å². The molecular formula is C11H20O2S. The molecule has 0 radical (unpaired) electrons. The molecule has 3 heteroatoms. The molecule has 82 valence electrons. The smallest absolute Gasteiger partial charge is 0.0924 e. The van der Waals surface area contributed by atoms with Crippen molar-refractivity contribution in [1.29, 1.82) is 0 Å². The molecule has 2 aliphatic rings. The van der Waals surface area contributed by atoms with Crippen LogP contribution in [0.3, 0.4) is 0 Å². The minimum atomic E-state index is -0.217. The van der Waals surface area contributed by atoms with E-state index in [1.165, 1.54) is 25.7 Å². The van der Waals surface area contributed by atoms with E-state index in [0.717, 1.165) is 30.5 Å². The molecule has 2 fully saturated rings. The van der Waals surface area contributed by atoms with Crippen LogP contribution < -0.4 is 0 Å². The third kappa shape index (κ3) is 2.88. The summed E-state index contributed by atoms with van der Waals surface area (Å²) in [4.78, 5) is 0. The van der Waals surface area contributed by atoms with Gasteiger partial charge in [0.25, 0.3) is 0 Å². The van der Waals surface area contributed by atoms with Gasteiger partial charge in [0.2, 0.25) is 0 Å². The van der Waals surface area contributed by atoms with E-state index < -0.39 is 0 Å². The molecule has 2 nitrogen and oxygen atoms in total. The number of ether oxygens (including phenoxy) is 1. The van der Waals surface area contributed by atoms with E-state index in [0.29, 0.717) is 0 Å². The Bertz CT molecular complexity index is 163. The van der Waals surface area contributed by atoms with E-state index in [1.807, 2.05) is 11.8 Å². The summed E-state index contributed by atoms with van der Waals surface area (Å²) in [5, 5.41) is 10.00. The van der Waals surface area contributed by atoms with Crippen molar-refractivity contribution >= 4 is 11.8 Å². The van der Waals surface area contributed by atoms with Crippen molar-refractivity contribution in [3.05, 3.63) is 0 Å². The highest BCUT2D eigenvalue weighted by molar-refractivity contribution is 7.99. The van der Waals surface area contributed by atoms with Gasteiger partial charge < -0.3 is 9.84 Å². The molecule has 0 aromatic heterocycles. The molecule has 0 spiro atoms. The topological polar surface area (TPSA) is 29.5 Å². The Morgan fingerprint density at radius 2 is 2.14 bits per heavy atom. The Labute approximate surface area is 90.4 Å². The van der Waals surface area contributed by atoms with Crippen LogP contribution in [0.4, 0.5) is 0 Å². The van der Waals surface area contributed by atoms with Crippen molar-refractivity contribution in [3.8, 4) is 0 Å². The summed E-state index contributed by atoms with van der Waals surface area (Å²) in [6, 6.07) is 0. The number of aliphatic hydroxyl groups excluding tert-OH is 1. The average molecular weight is 216 g/mol. The van der Waals surface area contributed by atoms with E-state index in [2.05, 4.69) is 0 Å². The summed E-state index contributed by atoms with van der Waals surface area (Å²) in [7, 11) is 0. The summed E-state index contributed by atoms with van der Waals surface area (Å²) in [5.74, 6) is 2.83. The van der Waals surface area contributed by atoms with Crippen LogP contribution in [0, 0.1) is 5.92 Å². The van der Waals surface area contributed by atoms with Crippen LogP contribution in [0.25, 0.3) is 0 Å². The first-order valence-electron chi connectivity index (χ1n) is 5.73. The van der Waals surface area contributed by atoms with Crippen LogP contribution in [0.15, 0.2) is 0 Å². The molecule has 1 heterocycles. The van der Waals surface area contributed by atoms with Gasteiger partial charge in [-0.3, -0.25) is 0 Å². The monoisotopic (exact) mass is 216 g/mol. The molecule has 2 atom stereocenters. The van der Waals surface area contributed by atoms with Gasteiger partial charge in [0.1, 0.15) is 0 Å². The average Bonchev–Trinajstić information content (AvgIpc) is 2.72. The highest BCUT2D eigenvalue weighted by atomic mass is 32.2. The molecule has 1 aliphatic carbocycles. The number of aliphatic hydroxyl groups is 1. The number of thioether (sulfide) groups is 1. The normalized spacial score (nSPS) is 31.9. The Morgan fingerprint density at radius 1 is 1.36 bits per heavy atom. The van der Waals surface area contributed by atoms with Gasteiger partial charge in [-0.15, -0.1) is 0 Å². The zero-order chi connectivity index (χ0) is 9.80. The Morgan fingerprint density at radius 3 is 2.79 bits per heavy atom. The summed E-state index contributed by atoms with van der Waals surface area (Å²) in [5.41, 5.74) is 0. The van der Waals surface area contributed by atoms with Crippen molar-refractivity contribution in [1.82, 2.24) is 0 Å². The first-order valence-corrected chi connectivity index (χ1v) is 6.89. The van der Waals surface area contributed by atoms with Crippen LogP contribution in [0.1, 0.15) is 32.1 Å². The van der Waals surface area contributed by atoms with Gasteiger partial charge in [-0.2, -0.15) is 11.8 Å². The molecule has 2 rings (SSSR count). The second kappa shape index (κ2) is 5.38. The lowest BCUT2D eigenvalue weighted by Gasteiger charge is -2.28. The maximum Gasteiger partial charge on any atom is 0.0924 e. The molecule has 2 unspecified atom stereocenters. The highest BCUT2D eigenvalue weighted by Crippen LogP contribution is 2.30. The molecule has 1 saturated carbocycles. The lowest BCUT2D eigenvalue weighted by molar-refractivity contribution is -0.0309. The van der Waals surface area contributed by atoms with Crippen molar-refractivity contribution in [2.45, 2.75) is 44.3 Å². The largest absolute Gasteiger partial charge is 0.390 e. The zero-order valence-corrected chi connectivity index (χ0v) is 9.47. The van der Waals surface area contributed by atoms with Crippen LogP contribution in [0.2, 0.25) is 0 Å². The zero-order valence-electron chi connectivity index (χ0n) is 8.65. The van der Waals surface area contributed by atoms with E-state index in [4.69, 9.17) is 4.74 Å². The minimum Gasteiger partial charge on any atom is -0.390 e. The van der Waals surface area contributed by atoms with E-state index >= 15 is 0 Å². The number of hydrogen-bond acceptors (Lipinski definition) is 3. The second-order valence-corrected chi connectivity index (χ2v) is 5.59. The van der Waals surface area contributed by atoms with Gasteiger partial charge in [-0.25, -0.2) is 0 Å². The molecule has 0 amide bonds. The second-order valence-electron chi connectivity index (χ2n) is 4.44. The van der Waals surface area contributed by atoms with Crippen LogP contribution in [-0.4, -0.2) is 35.4 Å². The number of hydrogen-bond donors (Lipinski definition) is 1. The first kappa shape index (κ1) is 10.8. The van der Waals surface area contributed by atoms with Gasteiger partial charge in [0.15, 0.2) is 0 Å². The van der Waals surface area contributed by atoms with Gasteiger partial charge >= 0.3 is 0 Å². The lowest BCUT2D eigenvalue weighted by Crippen LogP contribution is -2.36. The molecule has 0 aromatic rings. The van der Waals surface area contributed by atoms with E-state index in [1.54, 1.807) is 0 Å². The number of rotatable bonds is 3. The lowest BCUT2D eigenvalue weighted by atomic mass is 9.97. The molecule has 14 heavy (non-hydrogen) atoms. The fraction of sp³-hybridized carbons (Fsp3) is 1.00. The summed E-state index contributed by atoms with van der Waals surface area (Å²) in [6.07, 6.45) is 6.20. The van der Waals surface area contributed by atoms with Crippen molar-refractivity contribution < 1.29 is 9.84 Å². The molecule has 0 aromatic carbocycles. The van der Waals surface area contributed by atoms with Gasteiger partial charge in [-0.1, -0.05) is 25.7 Å². The Kier molecular flexibility index (Phi) is 4.14. The predicted octanol–water partition coefficient (Wildman–Crippen LogP) is 2.06. The van der Waals surface area contributed by atoms with Crippen molar-refractivity contribution in [3.63, 3.8) is 0 Å². The molecule has 1 aliphatic heterocycles. The van der Waals surface area contributed by atoms with E-state index in [9.17, 15) is 5.11 Å². The minimum absolute atomic E-state index is 0.106. The first-order chi connectivity index (χ1) is 6.86. The molecule has 1 N–H and O–H groups in total. The Balaban J connectivity index is 1.72. The quantitative estimate of drug-likeness (QED) is 0.783. The Hall–Kier alpha value is 0.270. The van der Waals surface area contributed by atoms with Crippen LogP contribution in [-0.2, 0) is 4.74 Å². The van der Waals surface area contributed by atoms with Crippen molar-refractivity contribution in [2.75, 3.05) is 18.1 Å². The third-order valence-electron chi connectivity index (χ3n) is 3.32. The molecule has 1 saturated heterocycles. The fourth-order valence-corrected chi connectivity index (χ4v) is 3.40.